The van der Waals surface area contributed by atoms with Crippen LogP contribution in [0.15, 0.2) is 30.3 Å². The van der Waals surface area contributed by atoms with Gasteiger partial charge in [-0.05, 0) is 24.6 Å². The zero-order valence-electron chi connectivity index (χ0n) is 12.2. The molecule has 4 heteroatoms. The fraction of sp³-hybridized carbons (Fsp3) is 0.375. The number of benzene rings is 1. The van der Waals surface area contributed by atoms with E-state index in [2.05, 4.69) is 19.1 Å². The largest absolute Gasteiger partial charge is 0.497 e. The summed E-state index contributed by atoms with van der Waals surface area (Å²) in [6, 6.07) is 10.1. The highest BCUT2D eigenvalue weighted by Crippen LogP contribution is 2.31. The summed E-state index contributed by atoms with van der Waals surface area (Å²) in [5.41, 5.74) is 7.35. The van der Waals surface area contributed by atoms with Crippen LogP contribution >= 0.6 is 11.3 Å². The molecule has 20 heavy (non-hydrogen) atoms. The van der Waals surface area contributed by atoms with Crippen LogP contribution in [0.2, 0.25) is 0 Å². The molecule has 1 heterocycles. The molecule has 2 N–H and O–H groups in total. The first-order valence-electron chi connectivity index (χ1n) is 6.73. The molecule has 0 aliphatic carbocycles. The molecule has 0 radical (unpaired) electrons. The number of hydrogen-bond donors (Lipinski definition) is 1. The van der Waals surface area contributed by atoms with Crippen LogP contribution in [-0.4, -0.2) is 14.2 Å². The molecule has 1 aromatic heterocycles. The van der Waals surface area contributed by atoms with E-state index < -0.39 is 0 Å². The predicted octanol–water partition coefficient (Wildman–Crippen LogP) is 3.57. The quantitative estimate of drug-likeness (QED) is 0.885. The molecule has 0 spiro atoms. The Morgan fingerprint density at radius 1 is 1.10 bits per heavy atom. The molecule has 2 rings (SSSR count). The summed E-state index contributed by atoms with van der Waals surface area (Å²) in [7, 11) is 3.30. The van der Waals surface area contributed by atoms with E-state index in [9.17, 15) is 0 Å². The molecular weight excluding hydrogens is 270 g/mol. The Morgan fingerprint density at radius 2 is 1.85 bits per heavy atom. The van der Waals surface area contributed by atoms with Gasteiger partial charge in [-0.15, -0.1) is 11.3 Å². The molecular formula is C16H21NO2S. The lowest BCUT2D eigenvalue weighted by molar-refractivity contribution is 0.388. The summed E-state index contributed by atoms with van der Waals surface area (Å²) < 4.78 is 10.6. The predicted molar refractivity (Wildman–Crippen MR) is 83.9 cm³/mol. The van der Waals surface area contributed by atoms with Crippen molar-refractivity contribution in [2.24, 2.45) is 5.73 Å². The number of nitrogens with two attached hydrogens (primary N) is 1. The first kappa shape index (κ1) is 14.9. The molecule has 0 saturated carbocycles. The monoisotopic (exact) mass is 291 g/mol. The van der Waals surface area contributed by atoms with E-state index in [0.29, 0.717) is 0 Å². The molecule has 3 nitrogen and oxygen atoms in total. The molecule has 108 valence electrons. The third-order valence-corrected chi connectivity index (χ3v) is 4.58. The zero-order valence-corrected chi connectivity index (χ0v) is 13.0. The summed E-state index contributed by atoms with van der Waals surface area (Å²) >= 11 is 1.83. The van der Waals surface area contributed by atoms with E-state index in [0.717, 1.165) is 29.9 Å². The van der Waals surface area contributed by atoms with Gasteiger partial charge in [0.15, 0.2) is 0 Å². The van der Waals surface area contributed by atoms with Gasteiger partial charge in [0.2, 0.25) is 0 Å². The van der Waals surface area contributed by atoms with E-state index in [4.69, 9.17) is 15.2 Å². The lowest BCUT2D eigenvalue weighted by atomic mass is 10.0. The van der Waals surface area contributed by atoms with Gasteiger partial charge in [0.25, 0.3) is 0 Å². The van der Waals surface area contributed by atoms with Gasteiger partial charge in [-0.3, -0.25) is 0 Å². The summed E-state index contributed by atoms with van der Waals surface area (Å²) in [5, 5.41) is 0. The van der Waals surface area contributed by atoms with Crippen LogP contribution in [0.5, 0.6) is 11.5 Å². The van der Waals surface area contributed by atoms with Crippen molar-refractivity contribution >= 4 is 11.3 Å². The normalized spacial score (nSPS) is 12.2. The fourth-order valence-corrected chi connectivity index (χ4v) is 3.19. The topological polar surface area (TPSA) is 44.5 Å². The van der Waals surface area contributed by atoms with Crippen LogP contribution in [0.1, 0.15) is 28.3 Å². The zero-order chi connectivity index (χ0) is 14.5. The number of methoxy groups -OCH3 is 2. The number of rotatable bonds is 6. The van der Waals surface area contributed by atoms with Gasteiger partial charge in [-0.2, -0.15) is 0 Å². The first-order valence-corrected chi connectivity index (χ1v) is 7.54. The Hall–Kier alpha value is -1.52. The Bertz CT molecular complexity index is 565. The summed E-state index contributed by atoms with van der Waals surface area (Å²) in [4.78, 5) is 2.71. The van der Waals surface area contributed by atoms with Gasteiger partial charge in [0.05, 0.1) is 14.2 Å². The summed E-state index contributed by atoms with van der Waals surface area (Å²) in [6.45, 7) is 2.17. The van der Waals surface area contributed by atoms with E-state index in [1.807, 2.05) is 29.5 Å². The van der Waals surface area contributed by atoms with E-state index in [1.165, 1.54) is 9.75 Å². The molecule has 0 bridgehead atoms. The van der Waals surface area contributed by atoms with Crippen LogP contribution in [-0.2, 0) is 12.8 Å². The average molecular weight is 291 g/mol. The van der Waals surface area contributed by atoms with Crippen LogP contribution in [0, 0.1) is 0 Å². The van der Waals surface area contributed by atoms with E-state index >= 15 is 0 Å². The summed E-state index contributed by atoms with van der Waals surface area (Å²) in [5.74, 6) is 1.56. The van der Waals surface area contributed by atoms with Gasteiger partial charge in [-0.25, -0.2) is 0 Å². The molecule has 2 aromatic rings. The van der Waals surface area contributed by atoms with Gasteiger partial charge in [-0.1, -0.05) is 13.0 Å². The smallest absolute Gasteiger partial charge is 0.127 e. The number of hydrogen-bond acceptors (Lipinski definition) is 4. The van der Waals surface area contributed by atoms with Crippen molar-refractivity contribution in [2.75, 3.05) is 14.2 Å². The highest BCUT2D eigenvalue weighted by atomic mass is 32.1. The minimum Gasteiger partial charge on any atom is -0.497 e. The Labute approximate surface area is 124 Å². The van der Waals surface area contributed by atoms with Crippen molar-refractivity contribution < 1.29 is 9.47 Å². The lowest BCUT2D eigenvalue weighted by Gasteiger charge is -2.16. The lowest BCUT2D eigenvalue weighted by Crippen LogP contribution is -2.14. The average Bonchev–Trinajstić information content (AvgIpc) is 2.94. The second kappa shape index (κ2) is 6.77. The maximum absolute atomic E-state index is 6.33. The minimum absolute atomic E-state index is 0.0702. The molecule has 0 aliphatic heterocycles. The van der Waals surface area contributed by atoms with Crippen molar-refractivity contribution in [1.82, 2.24) is 0 Å². The van der Waals surface area contributed by atoms with Crippen molar-refractivity contribution in [3.8, 4) is 11.5 Å². The van der Waals surface area contributed by atoms with Crippen molar-refractivity contribution in [2.45, 2.75) is 25.8 Å². The minimum atomic E-state index is -0.0702. The third kappa shape index (κ3) is 3.32. The second-order valence-electron chi connectivity index (χ2n) is 4.64. The van der Waals surface area contributed by atoms with Crippen LogP contribution in [0.25, 0.3) is 0 Å². The van der Waals surface area contributed by atoms with Gasteiger partial charge in [0.1, 0.15) is 11.5 Å². The Morgan fingerprint density at radius 3 is 2.45 bits per heavy atom. The standard InChI is InChI=1S/C16H21NO2S/c1-4-12-6-7-13(20-12)10-15(17)14-8-5-11(18-2)9-16(14)19-3/h5-9,15H,4,10,17H2,1-3H3. The SMILES string of the molecule is CCc1ccc(CC(N)c2ccc(OC)cc2OC)s1. The van der Waals surface area contributed by atoms with Crippen LogP contribution in [0.4, 0.5) is 0 Å². The highest BCUT2D eigenvalue weighted by Gasteiger charge is 2.14. The van der Waals surface area contributed by atoms with Crippen molar-refractivity contribution in [3.05, 3.63) is 45.6 Å². The van der Waals surface area contributed by atoms with Crippen LogP contribution < -0.4 is 15.2 Å². The van der Waals surface area contributed by atoms with Crippen LogP contribution in [0.3, 0.4) is 0 Å². The highest BCUT2D eigenvalue weighted by molar-refractivity contribution is 7.11. The molecule has 1 aromatic carbocycles. The number of ether oxygens (including phenoxy) is 2. The van der Waals surface area contributed by atoms with Crippen molar-refractivity contribution in [3.63, 3.8) is 0 Å². The number of thiophene rings is 1. The molecule has 0 amide bonds. The van der Waals surface area contributed by atoms with Gasteiger partial charge < -0.3 is 15.2 Å². The van der Waals surface area contributed by atoms with Gasteiger partial charge >= 0.3 is 0 Å². The molecule has 0 saturated heterocycles. The number of aryl methyl sites for hydroxylation is 1. The second-order valence-corrected chi connectivity index (χ2v) is 5.89. The molecule has 0 fully saturated rings. The maximum Gasteiger partial charge on any atom is 0.127 e. The van der Waals surface area contributed by atoms with Crippen molar-refractivity contribution in [1.29, 1.82) is 0 Å². The summed E-state index contributed by atoms with van der Waals surface area (Å²) in [6.07, 6.45) is 1.90. The third-order valence-electron chi connectivity index (χ3n) is 3.33. The van der Waals surface area contributed by atoms with E-state index in [-0.39, 0.29) is 6.04 Å². The molecule has 1 atom stereocenters. The molecule has 0 aliphatic rings. The van der Waals surface area contributed by atoms with E-state index in [1.54, 1.807) is 14.2 Å². The maximum atomic E-state index is 6.33. The Kier molecular flexibility index (Phi) is 5.04. The molecule has 1 unspecified atom stereocenters. The fourth-order valence-electron chi connectivity index (χ4n) is 2.17. The first-order chi connectivity index (χ1) is 9.67. The Balaban J connectivity index is 2.17. The van der Waals surface area contributed by atoms with Gasteiger partial charge in [0, 0.05) is 33.8 Å².